The molecule has 1 aromatic carbocycles. The number of rotatable bonds is 8. The summed E-state index contributed by atoms with van der Waals surface area (Å²) in [5, 5.41) is 2.79. The van der Waals surface area contributed by atoms with Crippen LogP contribution in [0.3, 0.4) is 0 Å². The number of hydrogen-bond donors (Lipinski definition) is 3. The first-order valence-corrected chi connectivity index (χ1v) is 8.55. The second-order valence-corrected chi connectivity index (χ2v) is 7.02. The van der Waals surface area contributed by atoms with Crippen LogP contribution in [0.15, 0.2) is 24.3 Å². The fourth-order valence-corrected chi connectivity index (χ4v) is 2.21. The molecule has 7 heteroatoms. The van der Waals surface area contributed by atoms with E-state index in [1.54, 1.807) is 12.1 Å². The molecule has 0 bridgehead atoms. The second-order valence-electron chi connectivity index (χ2n) is 6.32. The maximum Gasteiger partial charge on any atom is 0.259 e. The summed E-state index contributed by atoms with van der Waals surface area (Å²) in [5.74, 6) is -0.0476. The van der Waals surface area contributed by atoms with E-state index in [-0.39, 0.29) is 24.5 Å². The number of carbonyl (C=O) groups is 2. The van der Waals surface area contributed by atoms with Gasteiger partial charge in [-0.15, -0.1) is 0 Å². The van der Waals surface area contributed by atoms with Crippen LogP contribution in [0.2, 0.25) is 0 Å². The zero-order valence-corrected chi connectivity index (χ0v) is 14.5. The van der Waals surface area contributed by atoms with E-state index in [4.69, 9.17) is 4.55 Å². The van der Waals surface area contributed by atoms with E-state index in [1.165, 1.54) is 0 Å². The van der Waals surface area contributed by atoms with Crippen LogP contribution in [0.5, 0.6) is 0 Å². The van der Waals surface area contributed by atoms with Gasteiger partial charge in [0.15, 0.2) is 0 Å². The number of amides is 1. The van der Waals surface area contributed by atoms with Gasteiger partial charge >= 0.3 is 0 Å². The van der Waals surface area contributed by atoms with Gasteiger partial charge in [0.25, 0.3) is 11.3 Å². The average Bonchev–Trinajstić information content (AvgIpc) is 2.45. The van der Waals surface area contributed by atoms with Gasteiger partial charge in [-0.2, -0.15) is 0 Å². The molecule has 23 heavy (non-hydrogen) atoms. The van der Waals surface area contributed by atoms with Crippen molar-refractivity contribution in [1.29, 1.82) is 0 Å². The third-order valence-electron chi connectivity index (χ3n) is 3.31. The minimum atomic E-state index is -2.08. The fraction of sp³-hybridized carbons (Fsp3) is 0.500. The van der Waals surface area contributed by atoms with Crippen molar-refractivity contribution in [2.75, 3.05) is 11.3 Å². The predicted molar refractivity (Wildman–Crippen MR) is 91.2 cm³/mol. The van der Waals surface area contributed by atoms with Gasteiger partial charge in [0, 0.05) is 30.5 Å². The Morgan fingerprint density at radius 2 is 1.74 bits per heavy atom. The van der Waals surface area contributed by atoms with Crippen LogP contribution in [-0.4, -0.2) is 27.0 Å². The number of anilines is 1. The van der Waals surface area contributed by atoms with E-state index in [1.807, 2.05) is 32.9 Å². The van der Waals surface area contributed by atoms with Crippen molar-refractivity contribution >= 4 is 28.6 Å². The zero-order valence-electron chi connectivity index (χ0n) is 13.7. The Labute approximate surface area is 139 Å². The van der Waals surface area contributed by atoms with Gasteiger partial charge < -0.3 is 5.32 Å². The molecule has 1 unspecified atom stereocenters. The standard InChI is InChI=1S/C16H24N2O4S/c1-16(2,3)14(19)8-9-15(20)17-11-10-12-4-6-13(7-5-12)18-23(21)22/h4-7,18H,8-11H2,1-3H3,(H,17,20)(H,21,22). The van der Waals surface area contributed by atoms with Gasteiger partial charge in [0.2, 0.25) is 5.91 Å². The molecule has 0 radical (unpaired) electrons. The van der Waals surface area contributed by atoms with E-state index >= 15 is 0 Å². The lowest BCUT2D eigenvalue weighted by atomic mass is 9.88. The summed E-state index contributed by atoms with van der Waals surface area (Å²) in [4.78, 5) is 23.5. The Balaban J connectivity index is 2.29. The molecule has 6 nitrogen and oxygen atoms in total. The summed E-state index contributed by atoms with van der Waals surface area (Å²) in [5.41, 5.74) is 1.15. The summed E-state index contributed by atoms with van der Waals surface area (Å²) in [6.07, 6.45) is 1.12. The SMILES string of the molecule is CC(C)(C)C(=O)CCC(=O)NCCc1ccc(NS(=O)O)cc1. The van der Waals surface area contributed by atoms with Crippen molar-refractivity contribution in [1.82, 2.24) is 5.32 Å². The molecular weight excluding hydrogens is 316 g/mol. The number of ketones is 1. The van der Waals surface area contributed by atoms with Crippen molar-refractivity contribution < 1.29 is 18.4 Å². The lowest BCUT2D eigenvalue weighted by Gasteiger charge is -2.16. The van der Waals surface area contributed by atoms with E-state index in [2.05, 4.69) is 10.0 Å². The third kappa shape index (κ3) is 7.90. The number of carbonyl (C=O) groups excluding carboxylic acids is 2. The first kappa shape index (κ1) is 19.3. The molecule has 0 heterocycles. The second kappa shape index (κ2) is 8.79. The highest BCUT2D eigenvalue weighted by Gasteiger charge is 2.21. The molecule has 0 fully saturated rings. The molecule has 1 amide bonds. The van der Waals surface area contributed by atoms with Crippen molar-refractivity contribution in [2.24, 2.45) is 5.41 Å². The summed E-state index contributed by atoms with van der Waals surface area (Å²) in [6, 6.07) is 7.05. The number of benzene rings is 1. The molecule has 0 aliphatic heterocycles. The van der Waals surface area contributed by atoms with E-state index in [0.717, 1.165) is 5.56 Å². The molecule has 1 rings (SSSR count). The van der Waals surface area contributed by atoms with Crippen LogP contribution in [0.1, 0.15) is 39.2 Å². The van der Waals surface area contributed by atoms with Crippen LogP contribution < -0.4 is 10.0 Å². The maximum atomic E-state index is 11.7. The highest BCUT2D eigenvalue weighted by molar-refractivity contribution is 7.80. The molecular formula is C16H24N2O4S. The number of Topliss-reactive ketones (excluding diaryl/α,β-unsaturated/α-hetero) is 1. The van der Waals surface area contributed by atoms with Crippen LogP contribution in [0, 0.1) is 5.41 Å². The largest absolute Gasteiger partial charge is 0.356 e. The van der Waals surface area contributed by atoms with Gasteiger partial charge in [-0.3, -0.25) is 18.9 Å². The predicted octanol–water partition coefficient (Wildman–Crippen LogP) is 2.29. The average molecular weight is 340 g/mol. The minimum absolute atomic E-state index is 0.0806. The number of nitrogens with one attached hydrogen (secondary N) is 2. The summed E-state index contributed by atoms with van der Waals surface area (Å²) in [6.45, 7) is 6.02. The van der Waals surface area contributed by atoms with Gasteiger partial charge in [-0.1, -0.05) is 32.9 Å². The van der Waals surface area contributed by atoms with Crippen molar-refractivity contribution in [3.63, 3.8) is 0 Å². The highest BCUT2D eigenvalue weighted by Crippen LogP contribution is 2.17. The highest BCUT2D eigenvalue weighted by atomic mass is 32.2. The van der Waals surface area contributed by atoms with Crippen LogP contribution in [0.4, 0.5) is 5.69 Å². The Morgan fingerprint density at radius 3 is 2.26 bits per heavy atom. The molecule has 1 aromatic rings. The summed E-state index contributed by atoms with van der Waals surface area (Å²) >= 11 is -2.08. The zero-order chi connectivity index (χ0) is 17.5. The molecule has 0 aliphatic carbocycles. The molecule has 0 aromatic heterocycles. The first-order chi connectivity index (χ1) is 10.7. The fourth-order valence-electron chi connectivity index (χ4n) is 1.88. The van der Waals surface area contributed by atoms with E-state index in [0.29, 0.717) is 18.7 Å². The van der Waals surface area contributed by atoms with E-state index < -0.39 is 16.7 Å². The summed E-state index contributed by atoms with van der Waals surface area (Å²) in [7, 11) is 0. The monoisotopic (exact) mass is 340 g/mol. The Hall–Kier alpha value is -1.73. The molecule has 0 saturated carbocycles. The van der Waals surface area contributed by atoms with Crippen LogP contribution >= 0.6 is 0 Å². The molecule has 1 atom stereocenters. The maximum absolute atomic E-state index is 11.7. The smallest absolute Gasteiger partial charge is 0.259 e. The van der Waals surface area contributed by atoms with Gasteiger partial charge in [-0.05, 0) is 24.1 Å². The van der Waals surface area contributed by atoms with Crippen LogP contribution in [0.25, 0.3) is 0 Å². The van der Waals surface area contributed by atoms with Crippen molar-refractivity contribution in [3.05, 3.63) is 29.8 Å². The quantitative estimate of drug-likeness (QED) is 0.633. The Kier molecular flexibility index (Phi) is 7.38. The Morgan fingerprint density at radius 1 is 1.13 bits per heavy atom. The third-order valence-corrected chi connectivity index (χ3v) is 3.72. The summed E-state index contributed by atoms with van der Waals surface area (Å²) < 4.78 is 21.7. The lowest BCUT2D eigenvalue weighted by molar-refractivity contribution is -0.129. The van der Waals surface area contributed by atoms with Crippen molar-refractivity contribution in [2.45, 2.75) is 40.0 Å². The van der Waals surface area contributed by atoms with Gasteiger partial charge in [-0.25, -0.2) is 4.21 Å². The lowest BCUT2D eigenvalue weighted by Crippen LogP contribution is -2.28. The number of hydrogen-bond acceptors (Lipinski definition) is 3. The minimum Gasteiger partial charge on any atom is -0.356 e. The molecule has 3 N–H and O–H groups in total. The Bertz CT molecular complexity index is 564. The molecule has 0 aliphatic rings. The molecule has 0 saturated heterocycles. The normalized spacial score (nSPS) is 12.5. The molecule has 0 spiro atoms. The van der Waals surface area contributed by atoms with Gasteiger partial charge in [0.1, 0.15) is 5.78 Å². The topological polar surface area (TPSA) is 95.5 Å². The molecule has 128 valence electrons. The van der Waals surface area contributed by atoms with Crippen LogP contribution in [-0.2, 0) is 27.3 Å². The van der Waals surface area contributed by atoms with Gasteiger partial charge in [0.05, 0.1) is 0 Å². The first-order valence-electron chi connectivity index (χ1n) is 7.45. The van der Waals surface area contributed by atoms with Crippen molar-refractivity contribution in [3.8, 4) is 0 Å². The van der Waals surface area contributed by atoms with E-state index in [9.17, 15) is 13.8 Å².